The molecule has 5 heteroatoms. The molecule has 2 amide bonds. The van der Waals surface area contributed by atoms with E-state index in [0.717, 1.165) is 12.8 Å². The smallest absolute Gasteiger partial charge is 0.317 e. The molecule has 1 heterocycles. The molecule has 2 aliphatic rings. The zero-order valence-electron chi connectivity index (χ0n) is 13.5. The van der Waals surface area contributed by atoms with Gasteiger partial charge in [0.15, 0.2) is 0 Å². The van der Waals surface area contributed by atoms with Gasteiger partial charge in [-0.1, -0.05) is 24.3 Å². The van der Waals surface area contributed by atoms with Crippen molar-refractivity contribution in [1.82, 2.24) is 10.2 Å². The lowest BCUT2D eigenvalue weighted by atomic mass is 9.74. The molecular weight excluding hydrogens is 292 g/mol. The predicted octanol–water partition coefficient (Wildman–Crippen LogP) is 2.75. The van der Waals surface area contributed by atoms with Crippen LogP contribution in [-0.2, 0) is 4.79 Å². The second kappa shape index (κ2) is 6.60. The van der Waals surface area contributed by atoms with Crippen LogP contribution in [0.15, 0.2) is 24.3 Å². The van der Waals surface area contributed by atoms with E-state index in [4.69, 9.17) is 5.11 Å². The van der Waals surface area contributed by atoms with Crippen LogP contribution in [0.5, 0.6) is 0 Å². The molecule has 0 radical (unpaired) electrons. The van der Waals surface area contributed by atoms with E-state index >= 15 is 0 Å². The highest BCUT2D eigenvalue weighted by Crippen LogP contribution is 2.38. The van der Waals surface area contributed by atoms with Crippen molar-refractivity contribution in [1.29, 1.82) is 0 Å². The fourth-order valence-electron chi connectivity index (χ4n) is 3.63. The Labute approximate surface area is 136 Å². The predicted molar refractivity (Wildman–Crippen MR) is 87.4 cm³/mol. The summed E-state index contributed by atoms with van der Waals surface area (Å²) in [5.41, 5.74) is 2.71. The van der Waals surface area contributed by atoms with E-state index in [1.165, 1.54) is 11.1 Å². The summed E-state index contributed by atoms with van der Waals surface area (Å²) in [5.74, 6) is -0.502. The number of benzene rings is 1. The number of nitrogens with zero attached hydrogens (tertiary/aromatic N) is 1. The van der Waals surface area contributed by atoms with E-state index in [0.29, 0.717) is 31.8 Å². The first-order valence-electron chi connectivity index (χ1n) is 8.38. The fourth-order valence-corrected chi connectivity index (χ4v) is 3.63. The molecule has 0 aromatic heterocycles. The number of nitrogens with one attached hydrogen (secondary N) is 1. The van der Waals surface area contributed by atoms with Gasteiger partial charge in [-0.2, -0.15) is 0 Å². The lowest BCUT2D eigenvalue weighted by Gasteiger charge is -2.39. The van der Waals surface area contributed by atoms with E-state index in [9.17, 15) is 9.59 Å². The van der Waals surface area contributed by atoms with E-state index in [1.54, 1.807) is 4.90 Å². The molecule has 5 nitrogen and oxygen atoms in total. The number of hydrogen-bond donors (Lipinski definition) is 2. The Morgan fingerprint density at radius 2 is 1.83 bits per heavy atom. The highest BCUT2D eigenvalue weighted by Gasteiger charge is 2.34. The summed E-state index contributed by atoms with van der Waals surface area (Å²) in [6.45, 7) is 3.21. The average Bonchev–Trinajstić information content (AvgIpc) is 2.51. The number of carboxylic acids is 1. The quantitative estimate of drug-likeness (QED) is 0.901. The highest BCUT2D eigenvalue weighted by molar-refractivity contribution is 5.75. The number of aliphatic carboxylic acids is 1. The Hall–Kier alpha value is -2.04. The number of hydrogen-bond acceptors (Lipinski definition) is 2. The lowest BCUT2D eigenvalue weighted by Crippen LogP contribution is -2.51. The van der Waals surface area contributed by atoms with Crippen molar-refractivity contribution in [3.63, 3.8) is 0 Å². The molecule has 2 fully saturated rings. The second-order valence-electron chi connectivity index (χ2n) is 6.77. The number of amides is 2. The molecule has 0 spiro atoms. The van der Waals surface area contributed by atoms with Crippen LogP contribution in [0.4, 0.5) is 4.79 Å². The molecular formula is C18H24N2O3. The Morgan fingerprint density at radius 1 is 1.17 bits per heavy atom. The fraction of sp³-hybridized carbons (Fsp3) is 0.556. The summed E-state index contributed by atoms with van der Waals surface area (Å²) in [6, 6.07) is 8.63. The maximum absolute atomic E-state index is 12.3. The van der Waals surface area contributed by atoms with Gasteiger partial charge in [-0.15, -0.1) is 0 Å². The Kier molecular flexibility index (Phi) is 4.55. The largest absolute Gasteiger partial charge is 0.481 e. The number of carboxylic acid groups (broad SMARTS) is 1. The molecule has 0 atom stereocenters. The van der Waals surface area contributed by atoms with Gasteiger partial charge in [-0.3, -0.25) is 4.79 Å². The monoisotopic (exact) mass is 316 g/mol. The molecule has 1 saturated carbocycles. The number of likely N-dealkylation sites (tertiary alicyclic amines) is 1. The van der Waals surface area contributed by atoms with Crippen molar-refractivity contribution in [2.24, 2.45) is 5.92 Å². The molecule has 1 saturated heterocycles. The second-order valence-corrected chi connectivity index (χ2v) is 6.77. The van der Waals surface area contributed by atoms with Crippen LogP contribution < -0.4 is 5.32 Å². The zero-order valence-corrected chi connectivity index (χ0v) is 13.5. The van der Waals surface area contributed by atoms with Crippen LogP contribution in [0, 0.1) is 12.8 Å². The minimum atomic E-state index is -0.745. The zero-order chi connectivity index (χ0) is 16.4. The highest BCUT2D eigenvalue weighted by atomic mass is 16.4. The molecule has 0 unspecified atom stereocenters. The van der Waals surface area contributed by atoms with Crippen molar-refractivity contribution < 1.29 is 14.7 Å². The normalized spacial score (nSPS) is 24.8. The summed E-state index contributed by atoms with van der Waals surface area (Å²) in [7, 11) is 0. The van der Waals surface area contributed by atoms with E-state index in [1.807, 2.05) is 0 Å². The number of carbonyl (C=O) groups excluding carboxylic acids is 1. The summed E-state index contributed by atoms with van der Waals surface area (Å²) < 4.78 is 0. The topological polar surface area (TPSA) is 69.6 Å². The Morgan fingerprint density at radius 3 is 2.43 bits per heavy atom. The molecule has 1 aromatic rings. The maximum atomic E-state index is 12.3. The molecule has 1 aliphatic heterocycles. The number of carbonyl (C=O) groups is 2. The van der Waals surface area contributed by atoms with Crippen molar-refractivity contribution in [3.05, 3.63) is 35.4 Å². The molecule has 0 bridgehead atoms. The van der Waals surface area contributed by atoms with Gasteiger partial charge < -0.3 is 15.3 Å². The SMILES string of the molecule is Cc1ccccc1C1CC(NC(=O)N2CCC(C(=O)O)CC2)C1. The van der Waals surface area contributed by atoms with Crippen LogP contribution >= 0.6 is 0 Å². The van der Waals surface area contributed by atoms with Crippen LogP contribution in [-0.4, -0.2) is 41.1 Å². The number of rotatable bonds is 3. The summed E-state index contributed by atoms with van der Waals surface area (Å²) in [5, 5.41) is 12.1. The summed E-state index contributed by atoms with van der Waals surface area (Å²) >= 11 is 0. The molecule has 2 N–H and O–H groups in total. The van der Waals surface area contributed by atoms with Crippen molar-refractivity contribution in [2.75, 3.05) is 13.1 Å². The van der Waals surface area contributed by atoms with Crippen molar-refractivity contribution in [3.8, 4) is 0 Å². The number of piperidine rings is 1. The molecule has 3 rings (SSSR count). The van der Waals surface area contributed by atoms with Gasteiger partial charge in [0.25, 0.3) is 0 Å². The number of urea groups is 1. The third kappa shape index (κ3) is 3.49. The first-order valence-corrected chi connectivity index (χ1v) is 8.38. The van der Waals surface area contributed by atoms with Crippen LogP contribution in [0.3, 0.4) is 0 Å². The Bertz CT molecular complexity index is 588. The minimum absolute atomic E-state index is 0.0397. The minimum Gasteiger partial charge on any atom is -0.481 e. The first kappa shape index (κ1) is 15.8. The molecule has 1 aromatic carbocycles. The van der Waals surface area contributed by atoms with Crippen molar-refractivity contribution in [2.45, 2.75) is 44.6 Å². The maximum Gasteiger partial charge on any atom is 0.317 e. The van der Waals surface area contributed by atoms with Gasteiger partial charge in [0.2, 0.25) is 0 Å². The molecule has 124 valence electrons. The van der Waals surface area contributed by atoms with Crippen LogP contribution in [0.1, 0.15) is 42.7 Å². The van der Waals surface area contributed by atoms with Gasteiger partial charge in [0, 0.05) is 19.1 Å². The van der Waals surface area contributed by atoms with E-state index in [-0.39, 0.29) is 18.0 Å². The number of aryl methyl sites for hydroxylation is 1. The van der Waals surface area contributed by atoms with E-state index in [2.05, 4.69) is 36.5 Å². The van der Waals surface area contributed by atoms with Crippen LogP contribution in [0.2, 0.25) is 0 Å². The van der Waals surface area contributed by atoms with Gasteiger partial charge in [-0.25, -0.2) is 4.79 Å². The lowest BCUT2D eigenvalue weighted by molar-refractivity contribution is -0.143. The van der Waals surface area contributed by atoms with Gasteiger partial charge in [-0.05, 0) is 49.7 Å². The third-order valence-electron chi connectivity index (χ3n) is 5.23. The van der Waals surface area contributed by atoms with Gasteiger partial charge in [0.1, 0.15) is 0 Å². The molecule has 23 heavy (non-hydrogen) atoms. The van der Waals surface area contributed by atoms with Gasteiger partial charge >= 0.3 is 12.0 Å². The molecule has 1 aliphatic carbocycles. The standard InChI is InChI=1S/C18H24N2O3/c1-12-4-2-3-5-16(12)14-10-15(11-14)19-18(23)20-8-6-13(7-9-20)17(21)22/h2-5,13-15H,6-11H2,1H3,(H,19,23)(H,21,22). The third-order valence-corrected chi connectivity index (χ3v) is 5.23. The van der Waals surface area contributed by atoms with Crippen LogP contribution in [0.25, 0.3) is 0 Å². The van der Waals surface area contributed by atoms with E-state index < -0.39 is 5.97 Å². The summed E-state index contributed by atoms with van der Waals surface area (Å²) in [4.78, 5) is 24.9. The average molecular weight is 316 g/mol. The summed E-state index contributed by atoms with van der Waals surface area (Å²) in [6.07, 6.45) is 3.09. The Balaban J connectivity index is 1.44. The van der Waals surface area contributed by atoms with Gasteiger partial charge in [0.05, 0.1) is 5.92 Å². The van der Waals surface area contributed by atoms with Crippen molar-refractivity contribution >= 4 is 12.0 Å². The first-order chi connectivity index (χ1) is 11.0.